The molecule has 2 N–H and O–H groups in total. The van der Waals surface area contributed by atoms with Gasteiger partial charge in [0.05, 0.1) is 5.54 Å². The van der Waals surface area contributed by atoms with Gasteiger partial charge in [-0.25, -0.2) is 19.0 Å². The summed E-state index contributed by atoms with van der Waals surface area (Å²) in [7, 11) is 0. The summed E-state index contributed by atoms with van der Waals surface area (Å²) >= 11 is 1.28. The Labute approximate surface area is 192 Å². The molecule has 0 aromatic heterocycles. The van der Waals surface area contributed by atoms with Crippen LogP contribution in [0.25, 0.3) is 0 Å². The zero-order valence-corrected chi connectivity index (χ0v) is 20.6. The van der Waals surface area contributed by atoms with Crippen molar-refractivity contribution >= 4 is 34.8 Å². The van der Waals surface area contributed by atoms with Gasteiger partial charge in [0.1, 0.15) is 17.0 Å². The van der Waals surface area contributed by atoms with Crippen LogP contribution in [0.1, 0.15) is 66.9 Å². The van der Waals surface area contributed by atoms with Crippen molar-refractivity contribution in [3.05, 3.63) is 29.6 Å². The highest BCUT2D eigenvalue weighted by Crippen LogP contribution is 2.64. The van der Waals surface area contributed by atoms with E-state index >= 15 is 0 Å². The Kier molecular flexibility index (Phi) is 6.04. The number of thioether (sulfide) groups is 1. The second kappa shape index (κ2) is 7.93. The molecule has 1 aromatic carbocycles. The van der Waals surface area contributed by atoms with Gasteiger partial charge in [-0.2, -0.15) is 4.90 Å². The number of hydrogen-bond acceptors (Lipinski definition) is 7. The molecular weight excluding hydrogens is 433 g/mol. The standard InChI is InChI=1S/C23H32FN3O4S/c1-20(2,3)30-18(28)27(19(29)31-21(4,5)6)17-26-22(7,23(10-11-23)13-32-17)15-12-14(25)8-9-16(15)24/h8-9,12H,10-11,13,25H2,1-7H3/t22-/m1/s1. The normalized spacial score (nSPS) is 22.2. The lowest BCUT2D eigenvalue weighted by Crippen LogP contribution is -2.49. The Hall–Kier alpha value is -2.29. The Balaban J connectivity index is 2.10. The van der Waals surface area contributed by atoms with Gasteiger partial charge in [-0.15, -0.1) is 0 Å². The van der Waals surface area contributed by atoms with Crippen LogP contribution >= 0.6 is 11.8 Å². The van der Waals surface area contributed by atoms with Crippen LogP contribution < -0.4 is 5.73 Å². The van der Waals surface area contributed by atoms with Gasteiger partial charge >= 0.3 is 12.2 Å². The number of anilines is 1. The first-order valence-electron chi connectivity index (χ1n) is 10.6. The van der Waals surface area contributed by atoms with Gasteiger partial charge in [0.15, 0.2) is 5.17 Å². The lowest BCUT2D eigenvalue weighted by atomic mass is 9.77. The summed E-state index contributed by atoms with van der Waals surface area (Å²) in [5.74, 6) is 0.141. The number of ether oxygens (including phenoxy) is 2. The second-order valence-electron chi connectivity index (χ2n) is 10.6. The molecular formula is C23H32FN3O4S. The number of nitrogens with zero attached hydrogens (tertiary/aromatic N) is 2. The average Bonchev–Trinajstić information content (AvgIpc) is 3.39. The second-order valence-corrected chi connectivity index (χ2v) is 11.5. The highest BCUT2D eigenvalue weighted by atomic mass is 32.2. The number of amides is 2. The van der Waals surface area contributed by atoms with E-state index in [4.69, 9.17) is 20.2 Å². The number of carbonyl (C=O) groups is 2. The maximum absolute atomic E-state index is 14.9. The van der Waals surface area contributed by atoms with Gasteiger partial charge in [0.25, 0.3) is 0 Å². The van der Waals surface area contributed by atoms with Crippen molar-refractivity contribution in [2.24, 2.45) is 10.4 Å². The lowest BCUT2D eigenvalue weighted by molar-refractivity contribution is 0.0150. The molecule has 176 valence electrons. The van der Waals surface area contributed by atoms with Gasteiger partial charge in [-0.1, -0.05) is 11.8 Å². The van der Waals surface area contributed by atoms with Gasteiger partial charge in [-0.3, -0.25) is 0 Å². The molecule has 32 heavy (non-hydrogen) atoms. The van der Waals surface area contributed by atoms with Gasteiger partial charge in [0, 0.05) is 22.4 Å². The van der Waals surface area contributed by atoms with Crippen LogP contribution in [0.15, 0.2) is 23.2 Å². The van der Waals surface area contributed by atoms with Gasteiger partial charge in [-0.05, 0) is 79.5 Å². The summed E-state index contributed by atoms with van der Waals surface area (Å²) in [4.78, 5) is 31.7. The molecule has 2 aliphatic rings. The van der Waals surface area contributed by atoms with Crippen LogP contribution in [-0.4, -0.2) is 39.2 Å². The van der Waals surface area contributed by atoms with E-state index in [1.54, 1.807) is 47.6 Å². The smallest absolute Gasteiger partial charge is 0.426 e. The fourth-order valence-electron chi connectivity index (χ4n) is 3.69. The maximum Gasteiger partial charge on any atom is 0.426 e. The third-order valence-corrected chi connectivity index (χ3v) is 6.77. The predicted octanol–water partition coefficient (Wildman–Crippen LogP) is 5.68. The van der Waals surface area contributed by atoms with Crippen LogP contribution in [0.5, 0.6) is 0 Å². The van der Waals surface area contributed by atoms with E-state index in [1.165, 1.54) is 23.9 Å². The molecule has 1 heterocycles. The first-order chi connectivity index (χ1) is 14.6. The van der Waals surface area contributed by atoms with Crippen LogP contribution in [0, 0.1) is 11.2 Å². The van der Waals surface area contributed by atoms with Crippen molar-refractivity contribution in [3.8, 4) is 0 Å². The van der Waals surface area contributed by atoms with Crippen molar-refractivity contribution < 1.29 is 23.5 Å². The number of nitrogen functional groups attached to an aromatic ring is 1. The Bertz CT molecular complexity index is 935. The van der Waals surface area contributed by atoms with Crippen molar-refractivity contribution in [2.45, 2.75) is 78.0 Å². The summed E-state index contributed by atoms with van der Waals surface area (Å²) in [6.45, 7) is 12.1. The summed E-state index contributed by atoms with van der Waals surface area (Å²) in [5, 5.41) is 0.121. The fraction of sp³-hybridized carbons (Fsp3) is 0.609. The van der Waals surface area contributed by atoms with E-state index in [-0.39, 0.29) is 10.6 Å². The van der Waals surface area contributed by atoms with E-state index in [0.29, 0.717) is 17.0 Å². The molecule has 3 rings (SSSR count). The van der Waals surface area contributed by atoms with Gasteiger partial charge in [0.2, 0.25) is 0 Å². The van der Waals surface area contributed by atoms with Crippen molar-refractivity contribution in [3.63, 3.8) is 0 Å². The molecule has 9 heteroatoms. The third kappa shape index (κ3) is 4.87. The number of nitrogens with two attached hydrogens (primary N) is 1. The zero-order chi connectivity index (χ0) is 24.1. The first-order valence-corrected chi connectivity index (χ1v) is 11.6. The SMILES string of the molecule is CC(C)(C)OC(=O)N(C(=O)OC(C)(C)C)C1=N[C@](C)(c2cc(N)ccc2F)C2(CC2)CS1. The summed E-state index contributed by atoms with van der Waals surface area (Å²) in [5.41, 5.74) is 3.77. The first kappa shape index (κ1) is 24.4. The fourth-order valence-corrected chi connectivity index (χ4v) is 5.19. The van der Waals surface area contributed by atoms with E-state index in [2.05, 4.69) is 0 Å². The van der Waals surface area contributed by atoms with Crippen LogP contribution in [0.2, 0.25) is 0 Å². The van der Waals surface area contributed by atoms with E-state index in [1.807, 2.05) is 6.92 Å². The monoisotopic (exact) mass is 465 g/mol. The number of benzene rings is 1. The highest BCUT2D eigenvalue weighted by molar-refractivity contribution is 8.14. The lowest BCUT2D eigenvalue weighted by Gasteiger charge is -2.41. The molecule has 1 aromatic rings. The van der Waals surface area contributed by atoms with Crippen LogP contribution in [0.4, 0.5) is 19.7 Å². The number of rotatable bonds is 1. The van der Waals surface area contributed by atoms with Gasteiger partial charge < -0.3 is 15.2 Å². The Morgan fingerprint density at radius 3 is 2.09 bits per heavy atom. The molecule has 0 unspecified atom stereocenters. The molecule has 1 aliphatic carbocycles. The molecule has 0 saturated heterocycles. The van der Waals surface area contributed by atoms with E-state index in [9.17, 15) is 14.0 Å². The minimum Gasteiger partial charge on any atom is -0.443 e. The quantitative estimate of drug-likeness (QED) is 0.536. The molecule has 0 radical (unpaired) electrons. The minimum absolute atomic E-state index is 0.121. The summed E-state index contributed by atoms with van der Waals surface area (Å²) in [6, 6.07) is 4.40. The van der Waals surface area contributed by atoms with Crippen LogP contribution in [-0.2, 0) is 15.0 Å². The third-order valence-electron chi connectivity index (χ3n) is 5.54. The van der Waals surface area contributed by atoms with Crippen molar-refractivity contribution in [1.29, 1.82) is 0 Å². The molecule has 1 saturated carbocycles. The minimum atomic E-state index is -1.00. The Morgan fingerprint density at radius 2 is 1.62 bits per heavy atom. The highest BCUT2D eigenvalue weighted by Gasteiger charge is 2.61. The summed E-state index contributed by atoms with van der Waals surface area (Å²) < 4.78 is 25.9. The number of hydrogen-bond donors (Lipinski definition) is 1. The zero-order valence-electron chi connectivity index (χ0n) is 19.7. The number of halogens is 1. The van der Waals surface area contributed by atoms with E-state index < -0.39 is 34.7 Å². The number of imide groups is 1. The van der Waals surface area contributed by atoms with E-state index in [0.717, 1.165) is 17.7 Å². The number of carbonyl (C=O) groups excluding carboxylic acids is 2. The van der Waals surface area contributed by atoms with Crippen LogP contribution in [0.3, 0.4) is 0 Å². The molecule has 0 bridgehead atoms. The average molecular weight is 466 g/mol. The Morgan fingerprint density at radius 1 is 1.09 bits per heavy atom. The molecule has 1 atom stereocenters. The summed E-state index contributed by atoms with van der Waals surface area (Å²) in [6.07, 6.45) is -0.0545. The number of amidine groups is 1. The maximum atomic E-state index is 14.9. The molecule has 1 fully saturated rings. The largest absolute Gasteiger partial charge is 0.443 e. The number of aliphatic imine (C=N–C) groups is 1. The molecule has 2 amide bonds. The molecule has 1 spiro atoms. The van der Waals surface area contributed by atoms with Crippen molar-refractivity contribution in [2.75, 3.05) is 11.5 Å². The molecule has 1 aliphatic heterocycles. The van der Waals surface area contributed by atoms with Crippen molar-refractivity contribution in [1.82, 2.24) is 4.90 Å². The molecule has 7 nitrogen and oxygen atoms in total. The topological polar surface area (TPSA) is 94.2 Å². The predicted molar refractivity (Wildman–Crippen MR) is 124 cm³/mol.